The molecule has 1 aliphatic heterocycles. The molecule has 1 aliphatic rings. The van der Waals surface area contributed by atoms with Crippen LogP contribution in [-0.2, 0) is 9.53 Å². The lowest BCUT2D eigenvalue weighted by atomic mass is 9.89. The number of methoxy groups -OCH3 is 1. The first-order valence-electron chi connectivity index (χ1n) is 6.74. The summed E-state index contributed by atoms with van der Waals surface area (Å²) in [7, 11) is 1.59. The third-order valence-corrected chi connectivity index (χ3v) is 3.54. The number of benzene rings is 1. The van der Waals surface area contributed by atoms with E-state index in [1.165, 1.54) is 6.08 Å². The molecule has 2 N–H and O–H groups in total. The molecule has 1 fully saturated rings. The highest BCUT2D eigenvalue weighted by Crippen LogP contribution is 2.31. The number of hydrogen-bond donors (Lipinski definition) is 2. The summed E-state index contributed by atoms with van der Waals surface area (Å²) < 4.78 is 10.4. The van der Waals surface area contributed by atoms with E-state index in [1.807, 2.05) is 24.3 Å². The zero-order chi connectivity index (χ0) is 16.1. The van der Waals surface area contributed by atoms with Crippen LogP contribution < -0.4 is 15.4 Å². The van der Waals surface area contributed by atoms with E-state index in [1.54, 1.807) is 7.11 Å². The van der Waals surface area contributed by atoms with E-state index in [0.29, 0.717) is 16.6 Å². The van der Waals surface area contributed by atoms with Crippen molar-refractivity contribution in [2.45, 2.75) is 6.04 Å². The molecule has 2 atom stereocenters. The average molecular weight is 318 g/mol. The molecule has 0 bridgehead atoms. The second-order valence-corrected chi connectivity index (χ2v) is 5.18. The minimum atomic E-state index is -0.598. The molecule has 0 unspecified atom stereocenters. The summed E-state index contributed by atoms with van der Waals surface area (Å²) in [5.41, 5.74) is 1.37. The predicted molar refractivity (Wildman–Crippen MR) is 88.4 cm³/mol. The molecule has 1 aromatic carbocycles. The van der Waals surface area contributed by atoms with Gasteiger partial charge in [-0.1, -0.05) is 31.4 Å². The molecule has 0 aromatic heterocycles. The third-order valence-electron chi connectivity index (χ3n) is 3.32. The normalized spacial score (nSPS) is 20.6. The molecule has 1 heterocycles. The van der Waals surface area contributed by atoms with Crippen molar-refractivity contribution in [1.82, 2.24) is 10.6 Å². The van der Waals surface area contributed by atoms with Crippen molar-refractivity contribution in [2.24, 2.45) is 5.92 Å². The summed E-state index contributed by atoms with van der Waals surface area (Å²) in [6, 6.07) is 7.08. The Labute approximate surface area is 135 Å². The van der Waals surface area contributed by atoms with Gasteiger partial charge in [0.15, 0.2) is 5.11 Å². The standard InChI is InChI=1S/C16H18N2O3S/c1-4-8-21-15(19)13-10(2)17-16(22)18-14(13)11-6-5-7-12(9-11)20-3/h4-7,9,13-14H,1-2,8H2,3H3,(H2,17,18,22)/t13-,14-/m0/s1. The van der Waals surface area contributed by atoms with Crippen LogP contribution >= 0.6 is 12.2 Å². The SMILES string of the molecule is C=CCOC(=O)[C@H]1C(=C)NC(=S)N[C@H]1c1cccc(OC)c1. The molecular weight excluding hydrogens is 300 g/mol. The number of ether oxygens (including phenoxy) is 2. The number of rotatable bonds is 5. The van der Waals surface area contributed by atoms with Gasteiger partial charge in [0.25, 0.3) is 0 Å². The van der Waals surface area contributed by atoms with Crippen molar-refractivity contribution in [3.63, 3.8) is 0 Å². The molecule has 1 saturated heterocycles. The van der Waals surface area contributed by atoms with Crippen LogP contribution in [0.1, 0.15) is 11.6 Å². The van der Waals surface area contributed by atoms with E-state index in [4.69, 9.17) is 21.7 Å². The highest BCUT2D eigenvalue weighted by Gasteiger charge is 2.37. The van der Waals surface area contributed by atoms with Gasteiger partial charge in [-0.15, -0.1) is 0 Å². The fraction of sp³-hybridized carbons (Fsp3) is 0.250. The number of nitrogens with one attached hydrogen (secondary N) is 2. The van der Waals surface area contributed by atoms with Gasteiger partial charge in [-0.2, -0.15) is 0 Å². The number of thiocarbonyl (C=S) groups is 1. The van der Waals surface area contributed by atoms with Gasteiger partial charge in [0.1, 0.15) is 18.3 Å². The molecule has 0 spiro atoms. The van der Waals surface area contributed by atoms with Crippen LogP contribution in [0.15, 0.2) is 49.2 Å². The summed E-state index contributed by atoms with van der Waals surface area (Å²) in [5, 5.41) is 6.40. The van der Waals surface area contributed by atoms with Crippen molar-refractivity contribution >= 4 is 23.3 Å². The maximum absolute atomic E-state index is 12.3. The Bertz CT molecular complexity index is 615. The van der Waals surface area contributed by atoms with E-state index in [-0.39, 0.29) is 18.6 Å². The number of esters is 1. The minimum absolute atomic E-state index is 0.151. The van der Waals surface area contributed by atoms with Crippen LogP contribution in [0.3, 0.4) is 0 Å². The van der Waals surface area contributed by atoms with Gasteiger partial charge in [0.05, 0.1) is 13.2 Å². The summed E-state index contributed by atoms with van der Waals surface area (Å²) in [6.07, 6.45) is 1.52. The molecular formula is C16H18N2O3S. The highest BCUT2D eigenvalue weighted by atomic mass is 32.1. The summed E-state index contributed by atoms with van der Waals surface area (Å²) in [4.78, 5) is 12.3. The summed E-state index contributed by atoms with van der Waals surface area (Å²) in [5.74, 6) is -0.286. The van der Waals surface area contributed by atoms with Gasteiger partial charge in [-0.3, -0.25) is 4.79 Å². The Morgan fingerprint density at radius 2 is 2.27 bits per heavy atom. The Morgan fingerprint density at radius 3 is 2.95 bits per heavy atom. The molecule has 116 valence electrons. The number of hydrogen-bond acceptors (Lipinski definition) is 4. The van der Waals surface area contributed by atoms with Crippen LogP contribution in [0.25, 0.3) is 0 Å². The lowest BCUT2D eigenvalue weighted by Crippen LogP contribution is -2.51. The quantitative estimate of drug-likeness (QED) is 0.492. The first kappa shape index (κ1) is 16.0. The second-order valence-electron chi connectivity index (χ2n) is 4.77. The largest absolute Gasteiger partial charge is 0.497 e. The number of carbonyl (C=O) groups is 1. The van der Waals surface area contributed by atoms with Crippen LogP contribution in [0.4, 0.5) is 0 Å². The van der Waals surface area contributed by atoms with E-state index < -0.39 is 5.92 Å². The first-order chi connectivity index (χ1) is 10.6. The van der Waals surface area contributed by atoms with Crippen molar-refractivity contribution in [2.75, 3.05) is 13.7 Å². The molecule has 6 heteroatoms. The highest BCUT2D eigenvalue weighted by molar-refractivity contribution is 7.80. The van der Waals surface area contributed by atoms with E-state index >= 15 is 0 Å². The smallest absolute Gasteiger partial charge is 0.317 e. The van der Waals surface area contributed by atoms with Crippen LogP contribution in [0.2, 0.25) is 0 Å². The maximum atomic E-state index is 12.3. The van der Waals surface area contributed by atoms with E-state index in [9.17, 15) is 4.79 Å². The van der Waals surface area contributed by atoms with Gasteiger partial charge >= 0.3 is 5.97 Å². The molecule has 1 aromatic rings. The molecule has 0 radical (unpaired) electrons. The Hall–Kier alpha value is -2.34. The van der Waals surface area contributed by atoms with Crippen LogP contribution in [0.5, 0.6) is 5.75 Å². The molecule has 0 saturated carbocycles. The van der Waals surface area contributed by atoms with Crippen molar-refractivity contribution in [1.29, 1.82) is 0 Å². The fourth-order valence-electron chi connectivity index (χ4n) is 2.31. The third kappa shape index (κ3) is 3.46. The molecule has 0 aliphatic carbocycles. The maximum Gasteiger partial charge on any atom is 0.317 e. The lowest BCUT2D eigenvalue weighted by Gasteiger charge is -2.34. The molecule has 2 rings (SSSR count). The Balaban J connectivity index is 2.33. The summed E-state index contributed by atoms with van der Waals surface area (Å²) in [6.45, 7) is 7.59. The second kappa shape index (κ2) is 7.09. The number of carbonyl (C=O) groups excluding carboxylic acids is 1. The molecule has 0 amide bonds. The predicted octanol–water partition coefficient (Wildman–Crippen LogP) is 2.07. The van der Waals surface area contributed by atoms with Crippen molar-refractivity contribution < 1.29 is 14.3 Å². The monoisotopic (exact) mass is 318 g/mol. The zero-order valence-corrected chi connectivity index (χ0v) is 13.1. The Morgan fingerprint density at radius 1 is 1.50 bits per heavy atom. The Kier molecular flexibility index (Phi) is 5.16. The summed E-state index contributed by atoms with van der Waals surface area (Å²) >= 11 is 5.17. The van der Waals surface area contributed by atoms with Crippen molar-refractivity contribution in [3.05, 3.63) is 54.8 Å². The van der Waals surface area contributed by atoms with E-state index in [0.717, 1.165) is 5.56 Å². The van der Waals surface area contributed by atoms with Gasteiger partial charge in [0.2, 0.25) is 0 Å². The van der Waals surface area contributed by atoms with Crippen molar-refractivity contribution in [3.8, 4) is 5.75 Å². The zero-order valence-electron chi connectivity index (χ0n) is 12.3. The van der Waals surface area contributed by atoms with Gasteiger partial charge in [-0.05, 0) is 29.9 Å². The van der Waals surface area contributed by atoms with Gasteiger partial charge < -0.3 is 20.1 Å². The molecule has 22 heavy (non-hydrogen) atoms. The van der Waals surface area contributed by atoms with Crippen LogP contribution in [0, 0.1) is 5.92 Å². The van der Waals surface area contributed by atoms with Crippen LogP contribution in [-0.4, -0.2) is 24.8 Å². The van der Waals surface area contributed by atoms with Gasteiger partial charge in [0, 0.05) is 5.70 Å². The van der Waals surface area contributed by atoms with Gasteiger partial charge in [-0.25, -0.2) is 0 Å². The fourth-order valence-corrected chi connectivity index (χ4v) is 2.56. The lowest BCUT2D eigenvalue weighted by molar-refractivity contribution is -0.147. The minimum Gasteiger partial charge on any atom is -0.497 e. The first-order valence-corrected chi connectivity index (χ1v) is 7.15. The van der Waals surface area contributed by atoms with E-state index in [2.05, 4.69) is 23.8 Å². The topological polar surface area (TPSA) is 59.6 Å². The average Bonchev–Trinajstić information content (AvgIpc) is 2.51. The molecule has 5 nitrogen and oxygen atoms in total.